The Morgan fingerprint density at radius 3 is 2.89 bits per heavy atom. The molecule has 0 unspecified atom stereocenters. The summed E-state index contributed by atoms with van der Waals surface area (Å²) in [5.41, 5.74) is 11.7. The molecular weight excluding hydrogens is 120 g/mol. The van der Waals surface area contributed by atoms with Crippen molar-refractivity contribution >= 4 is 6.03 Å². The summed E-state index contributed by atoms with van der Waals surface area (Å²) in [6.07, 6.45) is 1.63. The summed E-state index contributed by atoms with van der Waals surface area (Å²) in [4.78, 5) is 9.95. The monoisotopic (exact) mass is 130 g/mol. The predicted octanol–water partition coefficient (Wildman–Crippen LogP) is -1.15. The third-order valence-corrected chi connectivity index (χ3v) is 0.520. The van der Waals surface area contributed by atoms with Crippen molar-refractivity contribution in [3.63, 3.8) is 0 Å². The smallest absolute Gasteiger partial charge is 0.327 e. The Bertz CT molecular complexity index is 103. The van der Waals surface area contributed by atoms with Gasteiger partial charge < -0.3 is 5.73 Å². The summed E-state index contributed by atoms with van der Waals surface area (Å²) in [5, 5.41) is 0. The second-order valence-electron chi connectivity index (χ2n) is 1.28. The van der Waals surface area contributed by atoms with E-state index in [-0.39, 0.29) is 0 Å². The molecule has 0 aliphatic rings. The van der Waals surface area contributed by atoms with Crippen LogP contribution < -0.4 is 22.1 Å². The Balaban J connectivity index is 2.91. The zero-order chi connectivity index (χ0) is 7.11. The molecule has 0 bridgehead atoms. The van der Waals surface area contributed by atoms with Crippen LogP contribution in [0.3, 0.4) is 0 Å². The topological polar surface area (TPSA) is 79.2 Å². The summed E-state index contributed by atoms with van der Waals surface area (Å²) in [5.74, 6) is 0. The molecule has 5 heteroatoms. The van der Waals surface area contributed by atoms with Crippen molar-refractivity contribution in [1.82, 2.24) is 16.4 Å². The molecule has 0 spiro atoms. The van der Waals surface area contributed by atoms with Gasteiger partial charge in [-0.25, -0.2) is 10.2 Å². The van der Waals surface area contributed by atoms with E-state index in [0.29, 0.717) is 6.54 Å². The van der Waals surface area contributed by atoms with Gasteiger partial charge in [0.2, 0.25) is 0 Å². The lowest BCUT2D eigenvalue weighted by Gasteiger charge is -2.02. The third-order valence-electron chi connectivity index (χ3n) is 0.520. The largest absolute Gasteiger partial charge is 0.351 e. The van der Waals surface area contributed by atoms with E-state index in [9.17, 15) is 4.79 Å². The summed E-state index contributed by atoms with van der Waals surface area (Å²) in [6.45, 7) is 3.99. The van der Waals surface area contributed by atoms with Crippen LogP contribution in [0, 0.1) is 0 Å². The molecule has 0 aromatic heterocycles. The van der Waals surface area contributed by atoms with Gasteiger partial charge in [-0.3, -0.25) is 5.43 Å². The van der Waals surface area contributed by atoms with Gasteiger partial charge in [0.05, 0.1) is 0 Å². The van der Waals surface area contributed by atoms with Crippen molar-refractivity contribution < 1.29 is 4.79 Å². The maximum Gasteiger partial charge on any atom is 0.327 e. The van der Waals surface area contributed by atoms with Crippen molar-refractivity contribution in [2.75, 3.05) is 6.54 Å². The van der Waals surface area contributed by atoms with Crippen LogP contribution in [0.15, 0.2) is 12.7 Å². The van der Waals surface area contributed by atoms with Crippen LogP contribution in [0.4, 0.5) is 4.79 Å². The van der Waals surface area contributed by atoms with E-state index in [2.05, 4.69) is 23.0 Å². The highest BCUT2D eigenvalue weighted by Gasteiger charge is 1.83. The molecule has 5 N–H and O–H groups in total. The fourth-order valence-corrected chi connectivity index (χ4v) is 0.229. The number of primary amides is 1. The van der Waals surface area contributed by atoms with Gasteiger partial charge in [0.25, 0.3) is 0 Å². The van der Waals surface area contributed by atoms with Crippen LogP contribution in [0.2, 0.25) is 0 Å². The Morgan fingerprint density at radius 2 is 2.44 bits per heavy atom. The van der Waals surface area contributed by atoms with Gasteiger partial charge in [-0.2, -0.15) is 5.53 Å². The summed E-state index contributed by atoms with van der Waals surface area (Å²) in [7, 11) is 0. The highest BCUT2D eigenvalue weighted by atomic mass is 16.2. The maximum atomic E-state index is 9.95. The molecule has 0 radical (unpaired) electrons. The molecule has 2 amide bonds. The fourth-order valence-electron chi connectivity index (χ4n) is 0.229. The average Bonchev–Trinajstić information content (AvgIpc) is 1.80. The van der Waals surface area contributed by atoms with Crippen LogP contribution in [0.1, 0.15) is 0 Å². The molecule has 0 rings (SSSR count). The number of amides is 2. The molecule has 0 aliphatic heterocycles. The van der Waals surface area contributed by atoms with Crippen molar-refractivity contribution in [2.24, 2.45) is 5.73 Å². The average molecular weight is 130 g/mol. The third kappa shape index (κ3) is 6.93. The van der Waals surface area contributed by atoms with Gasteiger partial charge in [-0.15, -0.1) is 6.58 Å². The van der Waals surface area contributed by atoms with E-state index in [4.69, 9.17) is 5.73 Å². The van der Waals surface area contributed by atoms with Crippen molar-refractivity contribution in [1.29, 1.82) is 0 Å². The number of hydrogen-bond acceptors (Lipinski definition) is 3. The number of hydrogen-bond donors (Lipinski definition) is 4. The number of nitrogens with one attached hydrogen (secondary N) is 3. The minimum atomic E-state index is -0.633. The number of rotatable bonds is 4. The second kappa shape index (κ2) is 5.07. The maximum absolute atomic E-state index is 9.95. The lowest BCUT2D eigenvalue weighted by Crippen LogP contribution is -2.48. The molecule has 5 nitrogen and oxygen atoms in total. The van der Waals surface area contributed by atoms with E-state index in [0.717, 1.165) is 0 Å². The molecule has 0 saturated heterocycles. The summed E-state index contributed by atoms with van der Waals surface area (Å²) >= 11 is 0. The normalized spacial score (nSPS) is 8.44. The Hall–Kier alpha value is -1.07. The molecule has 0 heterocycles. The molecule has 0 saturated carbocycles. The lowest BCUT2D eigenvalue weighted by atomic mass is 10.7. The molecule has 9 heavy (non-hydrogen) atoms. The standard InChI is InChI=1S/C4H10N4O/c1-2-3-6-8-7-4(5)9/h2,6,8H,1,3H2,(H3,5,7,9). The number of hydrazine groups is 2. The lowest BCUT2D eigenvalue weighted by molar-refractivity contribution is 0.242. The fraction of sp³-hybridized carbons (Fsp3) is 0.250. The second-order valence-corrected chi connectivity index (χ2v) is 1.28. The zero-order valence-electron chi connectivity index (χ0n) is 4.98. The summed E-state index contributed by atoms with van der Waals surface area (Å²) < 4.78 is 0. The van der Waals surface area contributed by atoms with E-state index < -0.39 is 6.03 Å². The number of nitrogens with two attached hydrogens (primary N) is 1. The number of urea groups is 1. The molecule has 0 aromatic rings. The van der Waals surface area contributed by atoms with E-state index >= 15 is 0 Å². The van der Waals surface area contributed by atoms with E-state index in [1.165, 1.54) is 0 Å². The first-order valence-corrected chi connectivity index (χ1v) is 2.41. The van der Waals surface area contributed by atoms with Crippen LogP contribution in [-0.2, 0) is 0 Å². The van der Waals surface area contributed by atoms with Crippen LogP contribution in [0.5, 0.6) is 0 Å². The molecule has 0 aromatic carbocycles. The Labute approximate surface area is 53.2 Å². The van der Waals surface area contributed by atoms with E-state index in [1.807, 2.05) is 0 Å². The highest BCUT2D eigenvalue weighted by Crippen LogP contribution is 1.51. The van der Waals surface area contributed by atoms with Gasteiger partial charge in [0.1, 0.15) is 0 Å². The van der Waals surface area contributed by atoms with Crippen molar-refractivity contribution in [3.05, 3.63) is 12.7 Å². The number of carbonyl (C=O) groups excluding carboxylic acids is 1. The molecule has 52 valence electrons. The van der Waals surface area contributed by atoms with Gasteiger partial charge in [-0.1, -0.05) is 6.08 Å². The highest BCUT2D eigenvalue weighted by molar-refractivity contribution is 5.70. The quantitative estimate of drug-likeness (QED) is 0.220. The molecule has 0 fully saturated rings. The first-order chi connectivity index (χ1) is 4.27. The molecule has 0 aliphatic carbocycles. The van der Waals surface area contributed by atoms with Crippen molar-refractivity contribution in [2.45, 2.75) is 0 Å². The van der Waals surface area contributed by atoms with Gasteiger partial charge in [0, 0.05) is 6.54 Å². The van der Waals surface area contributed by atoms with E-state index in [1.54, 1.807) is 6.08 Å². The van der Waals surface area contributed by atoms with Crippen LogP contribution >= 0.6 is 0 Å². The Morgan fingerprint density at radius 1 is 1.78 bits per heavy atom. The minimum absolute atomic E-state index is 0.556. The SMILES string of the molecule is C=CCNNNC(N)=O. The zero-order valence-corrected chi connectivity index (χ0v) is 4.98. The first kappa shape index (κ1) is 7.93. The van der Waals surface area contributed by atoms with Crippen molar-refractivity contribution in [3.8, 4) is 0 Å². The first-order valence-electron chi connectivity index (χ1n) is 2.41. The minimum Gasteiger partial charge on any atom is -0.351 e. The number of carbonyl (C=O) groups is 1. The van der Waals surface area contributed by atoms with Crippen LogP contribution in [0.25, 0.3) is 0 Å². The molecular formula is C4H10N4O. The van der Waals surface area contributed by atoms with Crippen LogP contribution in [-0.4, -0.2) is 12.6 Å². The Kier molecular flexibility index (Phi) is 4.47. The van der Waals surface area contributed by atoms with Gasteiger partial charge in [0.15, 0.2) is 0 Å². The van der Waals surface area contributed by atoms with Gasteiger partial charge in [-0.05, 0) is 0 Å². The van der Waals surface area contributed by atoms with Gasteiger partial charge >= 0.3 is 6.03 Å². The predicted molar refractivity (Wildman–Crippen MR) is 34.1 cm³/mol. The summed E-state index contributed by atoms with van der Waals surface area (Å²) in [6, 6.07) is -0.633. The molecule has 0 atom stereocenters.